The molecule has 1 aromatic heterocycles. The zero-order valence-electron chi connectivity index (χ0n) is 15.0. The van der Waals surface area contributed by atoms with E-state index in [0.29, 0.717) is 10.7 Å². The molecule has 0 saturated carbocycles. The van der Waals surface area contributed by atoms with Crippen LogP contribution in [0.25, 0.3) is 21.7 Å². The summed E-state index contributed by atoms with van der Waals surface area (Å²) in [4.78, 5) is 36.6. The zero-order chi connectivity index (χ0) is 20.4. The molecule has 144 valence electrons. The second-order valence-electron chi connectivity index (χ2n) is 6.27. The quantitative estimate of drug-likeness (QED) is 0.507. The average Bonchev–Trinajstić information content (AvgIpc) is 2.72. The molecule has 0 unspecified atom stereocenters. The van der Waals surface area contributed by atoms with Crippen LogP contribution in [0.4, 0.5) is 5.69 Å². The first kappa shape index (κ1) is 18.7. The lowest BCUT2D eigenvalue weighted by molar-refractivity contribution is -0.119. The van der Waals surface area contributed by atoms with Crippen LogP contribution in [0.15, 0.2) is 75.9 Å². The standard InChI is InChI=1S/C22H14ClNO5/c23-14-8-9-19-16(10-14)18(25)11-20(29-19)22(27)28-12-21(26)24-17-7-3-5-13-4-1-2-6-15(13)17/h1-11H,12H2,(H,24,26). The number of ether oxygens (including phenoxy) is 1. The van der Waals surface area contributed by atoms with Crippen molar-refractivity contribution < 1.29 is 18.7 Å². The Morgan fingerprint density at radius 1 is 0.966 bits per heavy atom. The lowest BCUT2D eigenvalue weighted by Gasteiger charge is -2.09. The van der Waals surface area contributed by atoms with E-state index in [9.17, 15) is 14.4 Å². The molecular weight excluding hydrogens is 394 g/mol. The van der Waals surface area contributed by atoms with Gasteiger partial charge in [0.1, 0.15) is 5.58 Å². The third kappa shape index (κ3) is 3.97. The maximum Gasteiger partial charge on any atom is 0.374 e. The summed E-state index contributed by atoms with van der Waals surface area (Å²) in [5.74, 6) is -1.71. The maximum atomic E-state index is 12.2. The van der Waals surface area contributed by atoms with Crippen LogP contribution in [-0.2, 0) is 9.53 Å². The Morgan fingerprint density at radius 3 is 2.62 bits per heavy atom. The fourth-order valence-corrected chi connectivity index (χ4v) is 3.12. The lowest BCUT2D eigenvalue weighted by atomic mass is 10.1. The minimum atomic E-state index is -0.910. The predicted octanol–water partition coefficient (Wildman–Crippen LogP) is 4.40. The number of nitrogens with one attached hydrogen (secondary N) is 1. The molecule has 29 heavy (non-hydrogen) atoms. The monoisotopic (exact) mass is 407 g/mol. The summed E-state index contributed by atoms with van der Waals surface area (Å²) in [6, 6.07) is 18.6. The van der Waals surface area contributed by atoms with Crippen LogP contribution in [-0.4, -0.2) is 18.5 Å². The van der Waals surface area contributed by atoms with Crippen molar-refractivity contribution in [2.24, 2.45) is 0 Å². The Hall–Kier alpha value is -3.64. The van der Waals surface area contributed by atoms with E-state index in [1.807, 2.05) is 36.4 Å². The summed E-state index contributed by atoms with van der Waals surface area (Å²) in [7, 11) is 0. The molecule has 0 fully saturated rings. The first-order valence-corrected chi connectivity index (χ1v) is 9.07. The number of benzene rings is 3. The van der Waals surface area contributed by atoms with Crippen LogP contribution >= 0.6 is 11.6 Å². The molecule has 0 aliphatic carbocycles. The number of hydrogen-bond acceptors (Lipinski definition) is 5. The zero-order valence-corrected chi connectivity index (χ0v) is 15.7. The molecule has 0 atom stereocenters. The summed E-state index contributed by atoms with van der Waals surface area (Å²) < 4.78 is 10.4. The summed E-state index contributed by atoms with van der Waals surface area (Å²) in [5, 5.41) is 5.19. The highest BCUT2D eigenvalue weighted by atomic mass is 35.5. The van der Waals surface area contributed by atoms with Gasteiger partial charge in [-0.05, 0) is 29.7 Å². The molecule has 0 spiro atoms. The van der Waals surface area contributed by atoms with Gasteiger partial charge in [-0.3, -0.25) is 9.59 Å². The summed E-state index contributed by atoms with van der Waals surface area (Å²) in [5.41, 5.74) is 0.383. The van der Waals surface area contributed by atoms with E-state index in [-0.39, 0.29) is 16.7 Å². The Morgan fingerprint density at radius 2 is 1.76 bits per heavy atom. The summed E-state index contributed by atoms with van der Waals surface area (Å²) in [6.07, 6.45) is 0. The van der Waals surface area contributed by atoms with Gasteiger partial charge in [-0.25, -0.2) is 4.79 Å². The molecule has 4 aromatic rings. The SMILES string of the molecule is O=C(COC(=O)c1cc(=O)c2cc(Cl)ccc2o1)Nc1cccc2ccccc12. The van der Waals surface area contributed by atoms with Gasteiger partial charge in [-0.15, -0.1) is 0 Å². The molecule has 4 rings (SSSR count). The third-order valence-electron chi connectivity index (χ3n) is 4.29. The van der Waals surface area contributed by atoms with Gasteiger partial charge in [0.05, 0.1) is 5.39 Å². The number of anilines is 1. The molecule has 1 heterocycles. The van der Waals surface area contributed by atoms with Crippen molar-refractivity contribution in [1.82, 2.24) is 0 Å². The van der Waals surface area contributed by atoms with E-state index < -0.39 is 23.9 Å². The molecule has 6 nitrogen and oxygen atoms in total. The van der Waals surface area contributed by atoms with Crippen molar-refractivity contribution in [2.45, 2.75) is 0 Å². The van der Waals surface area contributed by atoms with E-state index in [0.717, 1.165) is 16.8 Å². The van der Waals surface area contributed by atoms with Gasteiger partial charge in [-0.1, -0.05) is 48.0 Å². The third-order valence-corrected chi connectivity index (χ3v) is 4.52. The van der Waals surface area contributed by atoms with E-state index in [1.165, 1.54) is 12.1 Å². The van der Waals surface area contributed by atoms with Gasteiger partial charge in [0.25, 0.3) is 5.91 Å². The largest absolute Gasteiger partial charge is 0.450 e. The van der Waals surface area contributed by atoms with Gasteiger partial charge in [0, 0.05) is 22.2 Å². The van der Waals surface area contributed by atoms with E-state index >= 15 is 0 Å². The molecule has 1 amide bonds. The van der Waals surface area contributed by atoms with Crippen LogP contribution in [0.5, 0.6) is 0 Å². The molecule has 0 radical (unpaired) electrons. The molecule has 0 aliphatic heterocycles. The second kappa shape index (κ2) is 7.77. The van der Waals surface area contributed by atoms with Crippen molar-refractivity contribution in [2.75, 3.05) is 11.9 Å². The van der Waals surface area contributed by atoms with E-state index in [4.69, 9.17) is 20.8 Å². The van der Waals surface area contributed by atoms with Gasteiger partial charge < -0.3 is 14.5 Å². The highest BCUT2D eigenvalue weighted by Gasteiger charge is 2.16. The number of hydrogen-bond donors (Lipinski definition) is 1. The second-order valence-corrected chi connectivity index (χ2v) is 6.70. The highest BCUT2D eigenvalue weighted by Crippen LogP contribution is 2.23. The first-order valence-electron chi connectivity index (χ1n) is 8.69. The molecule has 1 N–H and O–H groups in total. The highest BCUT2D eigenvalue weighted by molar-refractivity contribution is 6.31. The smallest absolute Gasteiger partial charge is 0.374 e. The van der Waals surface area contributed by atoms with Gasteiger partial charge in [0.2, 0.25) is 5.76 Å². The minimum absolute atomic E-state index is 0.203. The van der Waals surface area contributed by atoms with Crippen LogP contribution < -0.4 is 10.7 Å². The van der Waals surface area contributed by atoms with E-state index in [1.54, 1.807) is 12.1 Å². The van der Waals surface area contributed by atoms with Crippen molar-refractivity contribution >= 4 is 50.9 Å². The Labute approximate surface area is 169 Å². The van der Waals surface area contributed by atoms with Crippen molar-refractivity contribution in [3.05, 3.63) is 87.7 Å². The Kier molecular flexibility index (Phi) is 5.01. The van der Waals surface area contributed by atoms with Crippen LogP contribution in [0.1, 0.15) is 10.6 Å². The number of esters is 1. The molecule has 0 saturated heterocycles. The van der Waals surface area contributed by atoms with Crippen molar-refractivity contribution in [1.29, 1.82) is 0 Å². The Bertz CT molecular complexity index is 1310. The fraction of sp³-hybridized carbons (Fsp3) is 0.0455. The minimum Gasteiger partial charge on any atom is -0.450 e. The molecule has 0 bridgehead atoms. The number of amides is 1. The number of fused-ring (bicyclic) bond motifs is 2. The number of halogens is 1. The summed E-state index contributed by atoms with van der Waals surface area (Å²) in [6.45, 7) is -0.523. The molecular formula is C22H14ClNO5. The van der Waals surface area contributed by atoms with Crippen LogP contribution in [0.3, 0.4) is 0 Å². The average molecular weight is 408 g/mol. The first-order chi connectivity index (χ1) is 14.0. The van der Waals surface area contributed by atoms with Gasteiger partial charge in [0.15, 0.2) is 12.0 Å². The predicted molar refractivity (Wildman–Crippen MR) is 110 cm³/mol. The summed E-state index contributed by atoms with van der Waals surface area (Å²) >= 11 is 5.86. The van der Waals surface area contributed by atoms with Gasteiger partial charge >= 0.3 is 5.97 Å². The molecule has 0 aliphatic rings. The van der Waals surface area contributed by atoms with Crippen LogP contribution in [0.2, 0.25) is 5.02 Å². The van der Waals surface area contributed by atoms with Gasteiger partial charge in [-0.2, -0.15) is 0 Å². The fourth-order valence-electron chi connectivity index (χ4n) is 2.95. The maximum absolute atomic E-state index is 12.2. The topological polar surface area (TPSA) is 85.6 Å². The van der Waals surface area contributed by atoms with Crippen molar-refractivity contribution in [3.63, 3.8) is 0 Å². The molecule has 7 heteroatoms. The number of carbonyl (C=O) groups excluding carboxylic acids is 2. The Balaban J connectivity index is 1.47. The number of carbonyl (C=O) groups is 2. The number of rotatable bonds is 4. The lowest BCUT2D eigenvalue weighted by Crippen LogP contribution is -2.21. The normalized spacial score (nSPS) is 10.8. The van der Waals surface area contributed by atoms with Crippen LogP contribution in [0, 0.1) is 0 Å². The van der Waals surface area contributed by atoms with E-state index in [2.05, 4.69) is 5.32 Å². The van der Waals surface area contributed by atoms with Crippen molar-refractivity contribution in [3.8, 4) is 0 Å². The molecule has 3 aromatic carbocycles.